The fraction of sp³-hybridized carbons (Fsp3) is 0.0952. The Kier molecular flexibility index (Phi) is 6.99. The lowest BCUT2D eigenvalue weighted by molar-refractivity contribution is 0.132. The summed E-state index contributed by atoms with van der Waals surface area (Å²) in [5.41, 5.74) is 2.73. The van der Waals surface area contributed by atoms with E-state index in [0.717, 1.165) is 22.4 Å². The summed E-state index contributed by atoms with van der Waals surface area (Å²) in [7, 11) is 0. The first-order chi connectivity index (χ1) is 13.1. The zero-order valence-electron chi connectivity index (χ0n) is 14.2. The molecule has 0 spiro atoms. The number of halogens is 3. The van der Waals surface area contributed by atoms with Gasteiger partial charge in [0.15, 0.2) is 0 Å². The summed E-state index contributed by atoms with van der Waals surface area (Å²) in [4.78, 5) is 5.29. The molecule has 0 heterocycles. The molecule has 0 aliphatic rings. The van der Waals surface area contributed by atoms with Gasteiger partial charge >= 0.3 is 0 Å². The molecule has 138 valence electrons. The van der Waals surface area contributed by atoms with E-state index in [1.165, 1.54) is 0 Å². The highest BCUT2D eigenvalue weighted by atomic mass is 35.5. The quantitative estimate of drug-likeness (QED) is 0.312. The molecule has 3 aromatic carbocycles. The van der Waals surface area contributed by atoms with Crippen LogP contribution in [0.15, 0.2) is 71.9 Å². The molecular weight excluding hydrogens is 405 g/mol. The molecule has 3 nitrogen and oxygen atoms in total. The molecule has 0 saturated heterocycles. The van der Waals surface area contributed by atoms with Crippen LogP contribution < -0.4 is 4.74 Å². The normalized spacial score (nSPS) is 10.9. The Morgan fingerprint density at radius 2 is 1.59 bits per heavy atom. The second-order valence-electron chi connectivity index (χ2n) is 5.73. The standard InChI is InChI=1S/C21H16Cl3NO2/c22-18-3-1-2-16(10-18)13-26-20-8-4-15(5-9-20)12-25-27-14-17-6-7-19(23)11-21(17)24/h1-12H,13-14H2/b25-12+. The van der Waals surface area contributed by atoms with Crippen LogP contribution in [0.2, 0.25) is 15.1 Å². The lowest BCUT2D eigenvalue weighted by Crippen LogP contribution is -1.95. The summed E-state index contributed by atoms with van der Waals surface area (Å²) in [6.07, 6.45) is 1.63. The minimum atomic E-state index is 0.271. The van der Waals surface area contributed by atoms with E-state index in [1.807, 2.05) is 54.6 Å². The third kappa shape index (κ3) is 6.17. The van der Waals surface area contributed by atoms with Crippen LogP contribution in [0.3, 0.4) is 0 Å². The van der Waals surface area contributed by atoms with Crippen LogP contribution in [0.25, 0.3) is 0 Å². The Hall–Kier alpha value is -2.20. The van der Waals surface area contributed by atoms with E-state index in [4.69, 9.17) is 44.4 Å². The van der Waals surface area contributed by atoms with Gasteiger partial charge in [-0.1, -0.05) is 58.2 Å². The van der Waals surface area contributed by atoms with E-state index in [9.17, 15) is 0 Å². The minimum absolute atomic E-state index is 0.271. The average molecular weight is 421 g/mol. The summed E-state index contributed by atoms with van der Waals surface area (Å²) in [5, 5.41) is 5.80. The van der Waals surface area contributed by atoms with Crippen LogP contribution in [-0.2, 0) is 18.1 Å². The predicted molar refractivity (Wildman–Crippen MR) is 111 cm³/mol. The van der Waals surface area contributed by atoms with Crippen molar-refractivity contribution >= 4 is 41.0 Å². The Labute approximate surface area is 173 Å². The zero-order valence-corrected chi connectivity index (χ0v) is 16.5. The minimum Gasteiger partial charge on any atom is -0.489 e. The van der Waals surface area contributed by atoms with Crippen LogP contribution in [0.5, 0.6) is 5.75 Å². The third-order valence-electron chi connectivity index (χ3n) is 3.69. The number of oxime groups is 1. The average Bonchev–Trinajstić information content (AvgIpc) is 2.66. The maximum atomic E-state index is 6.09. The van der Waals surface area contributed by atoms with E-state index in [-0.39, 0.29) is 6.61 Å². The Bertz CT molecular complexity index is 927. The molecule has 0 aliphatic heterocycles. The van der Waals surface area contributed by atoms with Gasteiger partial charge < -0.3 is 9.57 Å². The van der Waals surface area contributed by atoms with Gasteiger partial charge in [-0.25, -0.2) is 0 Å². The predicted octanol–water partition coefficient (Wildman–Crippen LogP) is 6.78. The lowest BCUT2D eigenvalue weighted by atomic mass is 10.2. The third-order valence-corrected chi connectivity index (χ3v) is 4.51. The topological polar surface area (TPSA) is 30.8 Å². The van der Waals surface area contributed by atoms with Crippen LogP contribution in [0.1, 0.15) is 16.7 Å². The van der Waals surface area contributed by atoms with Gasteiger partial charge in [-0.15, -0.1) is 0 Å². The number of hydrogen-bond acceptors (Lipinski definition) is 3. The van der Waals surface area contributed by atoms with Gasteiger partial charge in [-0.3, -0.25) is 0 Å². The summed E-state index contributed by atoms with van der Waals surface area (Å²) in [6.45, 7) is 0.728. The molecule has 3 rings (SSSR count). The maximum absolute atomic E-state index is 6.09. The van der Waals surface area contributed by atoms with Crippen molar-refractivity contribution in [1.82, 2.24) is 0 Å². The number of ether oxygens (including phenoxy) is 1. The van der Waals surface area contributed by atoms with E-state index in [1.54, 1.807) is 18.3 Å². The van der Waals surface area contributed by atoms with Gasteiger partial charge in [0.1, 0.15) is 19.0 Å². The summed E-state index contributed by atoms with van der Waals surface area (Å²) < 4.78 is 5.75. The zero-order chi connectivity index (χ0) is 19.1. The lowest BCUT2D eigenvalue weighted by Gasteiger charge is -2.07. The first-order valence-electron chi connectivity index (χ1n) is 8.17. The molecule has 27 heavy (non-hydrogen) atoms. The Morgan fingerprint density at radius 3 is 2.33 bits per heavy atom. The number of hydrogen-bond donors (Lipinski definition) is 0. The SMILES string of the molecule is Clc1cccc(COc2ccc(/C=N/OCc3ccc(Cl)cc3Cl)cc2)c1. The highest BCUT2D eigenvalue weighted by molar-refractivity contribution is 6.35. The summed E-state index contributed by atoms with van der Waals surface area (Å²) in [6, 6.07) is 20.4. The molecule has 0 aromatic heterocycles. The smallest absolute Gasteiger partial charge is 0.143 e. The molecular formula is C21H16Cl3NO2. The maximum Gasteiger partial charge on any atom is 0.143 e. The second-order valence-corrected chi connectivity index (χ2v) is 7.01. The number of nitrogens with zero attached hydrogens (tertiary/aromatic N) is 1. The van der Waals surface area contributed by atoms with E-state index >= 15 is 0 Å². The monoisotopic (exact) mass is 419 g/mol. The molecule has 0 radical (unpaired) electrons. The van der Waals surface area contributed by atoms with Crippen molar-refractivity contribution in [3.05, 3.63) is 98.5 Å². The molecule has 0 amide bonds. The van der Waals surface area contributed by atoms with Crippen molar-refractivity contribution in [3.8, 4) is 5.75 Å². The fourth-order valence-electron chi connectivity index (χ4n) is 2.29. The van der Waals surface area contributed by atoms with Crippen molar-refractivity contribution in [3.63, 3.8) is 0 Å². The highest BCUT2D eigenvalue weighted by Gasteiger charge is 2.01. The molecule has 0 unspecified atom stereocenters. The Balaban J connectivity index is 1.49. The van der Waals surface area contributed by atoms with Gasteiger partial charge in [0.05, 0.1) is 6.21 Å². The van der Waals surface area contributed by atoms with Crippen LogP contribution >= 0.6 is 34.8 Å². The van der Waals surface area contributed by atoms with E-state index in [0.29, 0.717) is 21.7 Å². The van der Waals surface area contributed by atoms with Crippen molar-refractivity contribution in [1.29, 1.82) is 0 Å². The molecule has 0 bridgehead atoms. The van der Waals surface area contributed by atoms with Crippen molar-refractivity contribution in [2.75, 3.05) is 0 Å². The first-order valence-corrected chi connectivity index (χ1v) is 9.30. The van der Waals surface area contributed by atoms with E-state index < -0.39 is 0 Å². The molecule has 0 fully saturated rings. The van der Waals surface area contributed by atoms with Gasteiger partial charge in [-0.05, 0) is 59.7 Å². The van der Waals surface area contributed by atoms with Crippen molar-refractivity contribution in [2.24, 2.45) is 5.16 Å². The van der Waals surface area contributed by atoms with Gasteiger partial charge in [0.2, 0.25) is 0 Å². The van der Waals surface area contributed by atoms with E-state index in [2.05, 4.69) is 5.16 Å². The number of rotatable bonds is 7. The van der Waals surface area contributed by atoms with Gasteiger partial charge in [0.25, 0.3) is 0 Å². The first kappa shape index (κ1) is 19.6. The molecule has 0 aliphatic carbocycles. The number of benzene rings is 3. The van der Waals surface area contributed by atoms with Gasteiger partial charge in [0, 0.05) is 20.6 Å². The van der Waals surface area contributed by atoms with Crippen LogP contribution in [0, 0.1) is 0 Å². The Morgan fingerprint density at radius 1 is 0.815 bits per heavy atom. The highest BCUT2D eigenvalue weighted by Crippen LogP contribution is 2.21. The molecule has 0 atom stereocenters. The molecule has 0 N–H and O–H groups in total. The molecule has 3 aromatic rings. The summed E-state index contributed by atoms with van der Waals surface area (Å²) >= 11 is 17.9. The van der Waals surface area contributed by atoms with Crippen molar-refractivity contribution < 1.29 is 9.57 Å². The van der Waals surface area contributed by atoms with Crippen LogP contribution in [-0.4, -0.2) is 6.21 Å². The van der Waals surface area contributed by atoms with Crippen molar-refractivity contribution in [2.45, 2.75) is 13.2 Å². The van der Waals surface area contributed by atoms with Gasteiger partial charge in [-0.2, -0.15) is 0 Å². The molecule has 0 saturated carbocycles. The fourth-order valence-corrected chi connectivity index (χ4v) is 2.96. The second kappa shape index (κ2) is 9.65. The van der Waals surface area contributed by atoms with Crippen LogP contribution in [0.4, 0.5) is 0 Å². The summed E-state index contributed by atoms with van der Waals surface area (Å²) in [5.74, 6) is 0.765. The largest absolute Gasteiger partial charge is 0.489 e. The molecule has 6 heteroatoms.